The lowest BCUT2D eigenvalue weighted by Crippen LogP contribution is -2.01. The maximum absolute atomic E-state index is 13.4. The van der Waals surface area contributed by atoms with E-state index in [-0.39, 0.29) is 12.4 Å². The van der Waals surface area contributed by atoms with Crippen molar-refractivity contribution in [2.24, 2.45) is 0 Å². The lowest BCUT2D eigenvalue weighted by Gasteiger charge is -2.07. The van der Waals surface area contributed by atoms with Crippen molar-refractivity contribution < 1.29 is 4.39 Å². The molecule has 0 fully saturated rings. The lowest BCUT2D eigenvalue weighted by atomic mass is 10.2. The van der Waals surface area contributed by atoms with Gasteiger partial charge >= 0.3 is 0 Å². The summed E-state index contributed by atoms with van der Waals surface area (Å²) in [6.45, 7) is 0.218. The zero-order valence-corrected chi connectivity index (χ0v) is 10.3. The molecule has 0 spiro atoms. The number of hydrogen-bond donors (Lipinski definition) is 0. The largest absolute Gasteiger partial charge is 0.277 e. The Bertz CT molecular complexity index is 508. The predicted molar refractivity (Wildman–Crippen MR) is 68.4 cm³/mol. The van der Waals surface area contributed by atoms with Crippen molar-refractivity contribution in [1.82, 2.24) is 5.32 Å². The van der Waals surface area contributed by atoms with Crippen LogP contribution >= 0.6 is 23.2 Å². The molecule has 1 nitrogen and oxygen atoms in total. The summed E-state index contributed by atoms with van der Waals surface area (Å²) in [5, 5.41) is 5.17. The normalized spacial score (nSPS) is 10.3. The first-order valence-electron chi connectivity index (χ1n) is 5.03. The first-order valence-corrected chi connectivity index (χ1v) is 5.79. The van der Waals surface area contributed by atoms with Gasteiger partial charge in [-0.3, -0.25) is 5.32 Å². The summed E-state index contributed by atoms with van der Waals surface area (Å²) in [6, 6.07) is 11.6. The number of nitrogens with zero attached hydrogens (tertiary/aromatic N) is 1. The van der Waals surface area contributed by atoms with Crippen LogP contribution in [0.15, 0.2) is 42.5 Å². The fourth-order valence-corrected chi connectivity index (χ4v) is 1.95. The van der Waals surface area contributed by atoms with Crippen LogP contribution in [0.4, 0.5) is 10.1 Å². The zero-order chi connectivity index (χ0) is 12.3. The van der Waals surface area contributed by atoms with Crippen LogP contribution in [-0.4, -0.2) is 0 Å². The highest BCUT2D eigenvalue weighted by Crippen LogP contribution is 2.30. The molecule has 0 N–H and O–H groups in total. The second-order valence-corrected chi connectivity index (χ2v) is 4.29. The van der Waals surface area contributed by atoms with E-state index in [4.69, 9.17) is 23.2 Å². The highest BCUT2D eigenvalue weighted by atomic mass is 35.5. The molecule has 0 bridgehead atoms. The molecule has 87 valence electrons. The van der Waals surface area contributed by atoms with Gasteiger partial charge in [0.05, 0.1) is 22.3 Å². The van der Waals surface area contributed by atoms with Crippen LogP contribution in [0.1, 0.15) is 5.56 Å². The van der Waals surface area contributed by atoms with E-state index in [2.05, 4.69) is 5.32 Å². The summed E-state index contributed by atoms with van der Waals surface area (Å²) in [5.74, 6) is -0.278. The van der Waals surface area contributed by atoms with E-state index in [1.807, 2.05) is 0 Å². The van der Waals surface area contributed by atoms with Gasteiger partial charge in [0.15, 0.2) is 0 Å². The Morgan fingerprint density at radius 2 is 1.59 bits per heavy atom. The molecule has 17 heavy (non-hydrogen) atoms. The monoisotopic (exact) mass is 268 g/mol. The average Bonchev–Trinajstić information content (AvgIpc) is 2.30. The van der Waals surface area contributed by atoms with Gasteiger partial charge in [-0.1, -0.05) is 47.5 Å². The van der Waals surface area contributed by atoms with E-state index >= 15 is 0 Å². The van der Waals surface area contributed by atoms with Crippen molar-refractivity contribution >= 4 is 28.9 Å². The number of benzene rings is 2. The Kier molecular flexibility index (Phi) is 3.87. The maximum Gasteiger partial charge on any atom is 0.128 e. The van der Waals surface area contributed by atoms with Gasteiger partial charge in [0, 0.05) is 5.56 Å². The van der Waals surface area contributed by atoms with Crippen molar-refractivity contribution in [2.75, 3.05) is 0 Å². The Labute approximate surface area is 109 Å². The van der Waals surface area contributed by atoms with Crippen molar-refractivity contribution in [1.29, 1.82) is 0 Å². The molecule has 2 aromatic rings. The highest BCUT2D eigenvalue weighted by Gasteiger charge is 2.08. The van der Waals surface area contributed by atoms with Crippen LogP contribution in [0.3, 0.4) is 0 Å². The predicted octanol–water partition coefficient (Wildman–Crippen LogP) is 4.57. The standard InChI is InChI=1S/C13H9Cl2FN/c14-10-5-3-6-11(15)13(10)17-8-9-4-1-2-7-12(9)16/h1-7H,8H2. The van der Waals surface area contributed by atoms with Gasteiger partial charge in [0.1, 0.15) is 5.82 Å². The molecule has 0 aliphatic carbocycles. The average molecular weight is 269 g/mol. The van der Waals surface area contributed by atoms with Crippen LogP contribution in [0.5, 0.6) is 0 Å². The third-order valence-corrected chi connectivity index (χ3v) is 2.91. The van der Waals surface area contributed by atoms with Gasteiger partial charge in [0.2, 0.25) is 0 Å². The van der Waals surface area contributed by atoms with Crippen LogP contribution in [0.25, 0.3) is 0 Å². The molecule has 0 heterocycles. The molecule has 0 saturated carbocycles. The van der Waals surface area contributed by atoms with Crippen LogP contribution < -0.4 is 5.32 Å². The molecule has 0 atom stereocenters. The van der Waals surface area contributed by atoms with Crippen molar-refractivity contribution in [3.63, 3.8) is 0 Å². The molecule has 2 rings (SSSR count). The SMILES string of the molecule is Fc1ccccc1C[N]c1c(Cl)cccc1Cl. The minimum Gasteiger partial charge on any atom is -0.277 e. The minimum atomic E-state index is -0.278. The maximum atomic E-state index is 13.4. The van der Waals surface area contributed by atoms with Gasteiger partial charge in [-0.15, -0.1) is 0 Å². The van der Waals surface area contributed by atoms with Crippen LogP contribution in [0, 0.1) is 5.82 Å². The van der Waals surface area contributed by atoms with Gasteiger partial charge in [-0.05, 0) is 18.2 Å². The van der Waals surface area contributed by atoms with E-state index in [1.165, 1.54) is 6.07 Å². The number of halogens is 3. The van der Waals surface area contributed by atoms with Gasteiger partial charge < -0.3 is 0 Å². The third kappa shape index (κ3) is 2.90. The van der Waals surface area contributed by atoms with Crippen LogP contribution in [-0.2, 0) is 6.54 Å². The smallest absolute Gasteiger partial charge is 0.128 e. The van der Waals surface area contributed by atoms with Crippen molar-refractivity contribution in [2.45, 2.75) is 6.54 Å². The molecule has 0 unspecified atom stereocenters. The van der Waals surface area contributed by atoms with E-state index in [0.29, 0.717) is 21.3 Å². The molecule has 0 saturated heterocycles. The molecule has 0 aliphatic rings. The zero-order valence-electron chi connectivity index (χ0n) is 8.83. The van der Waals surface area contributed by atoms with E-state index < -0.39 is 0 Å². The number of rotatable bonds is 3. The summed E-state index contributed by atoms with van der Waals surface area (Å²) >= 11 is 11.9. The topological polar surface area (TPSA) is 14.1 Å². The molecular weight excluding hydrogens is 260 g/mol. The fourth-order valence-electron chi connectivity index (χ4n) is 1.43. The van der Waals surface area contributed by atoms with E-state index in [1.54, 1.807) is 36.4 Å². The van der Waals surface area contributed by atoms with E-state index in [9.17, 15) is 4.39 Å². The quantitative estimate of drug-likeness (QED) is 0.775. The molecule has 4 heteroatoms. The second-order valence-electron chi connectivity index (χ2n) is 3.48. The summed E-state index contributed by atoms with van der Waals surface area (Å²) in [4.78, 5) is 0. The third-order valence-electron chi connectivity index (χ3n) is 2.30. The van der Waals surface area contributed by atoms with Gasteiger partial charge in [0.25, 0.3) is 0 Å². The summed E-state index contributed by atoms with van der Waals surface area (Å²) in [6.07, 6.45) is 0. The molecule has 0 aromatic heterocycles. The Balaban J connectivity index is 2.16. The molecule has 1 radical (unpaired) electrons. The Hall–Kier alpha value is -1.25. The number of hydrogen-bond acceptors (Lipinski definition) is 0. The van der Waals surface area contributed by atoms with Crippen molar-refractivity contribution in [3.8, 4) is 0 Å². The first-order chi connectivity index (χ1) is 8.18. The Morgan fingerprint density at radius 3 is 2.24 bits per heavy atom. The van der Waals surface area contributed by atoms with Gasteiger partial charge in [-0.25, -0.2) is 4.39 Å². The Morgan fingerprint density at radius 1 is 0.941 bits per heavy atom. The molecule has 0 aliphatic heterocycles. The molecular formula is C13H9Cl2FN. The summed E-state index contributed by atoms with van der Waals surface area (Å²) in [5.41, 5.74) is 1.02. The molecule has 0 amide bonds. The minimum absolute atomic E-state index is 0.218. The summed E-state index contributed by atoms with van der Waals surface area (Å²) in [7, 11) is 0. The van der Waals surface area contributed by atoms with Crippen molar-refractivity contribution in [3.05, 3.63) is 63.9 Å². The lowest BCUT2D eigenvalue weighted by molar-refractivity contribution is 0.603. The first kappa shape index (κ1) is 12.2. The highest BCUT2D eigenvalue weighted by molar-refractivity contribution is 6.38. The fraction of sp³-hybridized carbons (Fsp3) is 0.0769. The second kappa shape index (κ2) is 5.39. The molecule has 2 aromatic carbocycles. The van der Waals surface area contributed by atoms with Crippen LogP contribution in [0.2, 0.25) is 10.0 Å². The number of para-hydroxylation sites is 1. The summed E-state index contributed by atoms with van der Waals surface area (Å²) < 4.78 is 13.4. The van der Waals surface area contributed by atoms with Gasteiger partial charge in [-0.2, -0.15) is 0 Å². The van der Waals surface area contributed by atoms with E-state index in [0.717, 1.165) is 0 Å².